The molecule has 158 valence electrons. The molecule has 0 radical (unpaired) electrons. The van der Waals surface area contributed by atoms with E-state index in [1.54, 1.807) is 6.92 Å². The van der Waals surface area contributed by atoms with Crippen LogP contribution in [0, 0.1) is 0 Å². The number of aliphatic hydroxyl groups is 1. The van der Waals surface area contributed by atoms with Crippen molar-refractivity contribution in [1.29, 1.82) is 0 Å². The van der Waals surface area contributed by atoms with Crippen molar-refractivity contribution in [2.45, 2.75) is 43.2 Å². The van der Waals surface area contributed by atoms with Crippen LogP contribution in [0.3, 0.4) is 0 Å². The molecular weight excluding hydrogens is 419 g/mol. The first-order valence-electron chi connectivity index (χ1n) is 8.74. The van der Waals surface area contributed by atoms with Crippen LogP contribution >= 0.6 is 10.2 Å². The van der Waals surface area contributed by atoms with Gasteiger partial charge in [0.1, 0.15) is 21.8 Å². The highest BCUT2D eigenvalue weighted by Gasteiger charge is 2.65. The molecule has 1 aromatic carbocycles. The number of fused-ring (bicyclic) bond motifs is 1. The summed E-state index contributed by atoms with van der Waals surface area (Å²) in [6.45, 7) is 1.05. The van der Waals surface area contributed by atoms with Crippen LogP contribution in [0.5, 0.6) is 0 Å². The fraction of sp³-hybridized carbons (Fsp3) is 0.353. The van der Waals surface area contributed by atoms with Gasteiger partial charge >= 0.3 is 10.2 Å². The Hall–Kier alpha value is -2.47. The predicted octanol–water partition coefficient (Wildman–Crippen LogP) is 4.76. The number of H-pyrrole nitrogens is 1. The molecule has 1 aliphatic rings. The smallest absolute Gasteiger partial charge is 0.310 e. The molecule has 0 spiro atoms. The topological polar surface area (TPSA) is 83.8 Å². The maximum atomic E-state index is 12.9. The Bertz CT molecular complexity index is 1170. The van der Waals surface area contributed by atoms with E-state index in [1.165, 1.54) is 4.68 Å². The molecule has 2 heterocycles. The first-order chi connectivity index (χ1) is 13.3. The Labute approximate surface area is 161 Å². The van der Waals surface area contributed by atoms with Crippen LogP contribution in [-0.4, -0.2) is 24.9 Å². The number of aromatic nitrogens is 4. The Balaban J connectivity index is 1.81. The molecule has 1 atom stereocenters. The third-order valence-electron chi connectivity index (χ3n) is 4.94. The molecular formula is C17H17F5N4O2S. The molecule has 0 unspecified atom stereocenters. The summed E-state index contributed by atoms with van der Waals surface area (Å²) in [6.07, 6.45) is 1.75. The number of hydrogen-bond acceptors (Lipinski definition) is 4. The zero-order chi connectivity index (χ0) is 21.3. The van der Waals surface area contributed by atoms with Gasteiger partial charge < -0.3 is 10.1 Å². The minimum Gasteiger partial charge on any atom is -0.390 e. The molecule has 0 saturated heterocycles. The molecule has 1 fully saturated rings. The molecule has 1 saturated carbocycles. The summed E-state index contributed by atoms with van der Waals surface area (Å²) >= 11 is 0. The third-order valence-corrected chi connectivity index (χ3v) is 6.10. The monoisotopic (exact) mass is 436 g/mol. The molecule has 4 rings (SSSR count). The van der Waals surface area contributed by atoms with E-state index in [1.807, 2.05) is 0 Å². The van der Waals surface area contributed by atoms with E-state index in [9.17, 15) is 29.3 Å². The molecule has 29 heavy (non-hydrogen) atoms. The summed E-state index contributed by atoms with van der Waals surface area (Å²) in [7, 11) is -9.76. The number of nitrogens with zero attached hydrogens (tertiary/aromatic N) is 3. The van der Waals surface area contributed by atoms with E-state index in [4.69, 9.17) is 0 Å². The van der Waals surface area contributed by atoms with Crippen molar-refractivity contribution in [2.24, 2.45) is 0 Å². The molecule has 3 aromatic rings. The van der Waals surface area contributed by atoms with Crippen molar-refractivity contribution < 1.29 is 24.5 Å². The molecule has 0 aliphatic heterocycles. The predicted molar refractivity (Wildman–Crippen MR) is 97.7 cm³/mol. The zero-order valence-electron chi connectivity index (χ0n) is 15.1. The number of nitrogens with one attached hydrogen (secondary N) is 1. The SMILES string of the molecule is C[C@H](c1ccc(S(F)(F)(F)(F)F)cc1)n1nc(CO)c2c(=O)[nH]c(C3CC3)nc21. The van der Waals surface area contributed by atoms with E-state index in [0.717, 1.165) is 25.0 Å². The minimum absolute atomic E-state index is 0.0755. The second-order valence-electron chi connectivity index (χ2n) is 7.19. The summed E-state index contributed by atoms with van der Waals surface area (Å²) in [5, 5.41) is 13.8. The number of benzene rings is 1. The van der Waals surface area contributed by atoms with Gasteiger partial charge in [-0.15, -0.1) is 0 Å². The van der Waals surface area contributed by atoms with E-state index in [0.29, 0.717) is 18.0 Å². The van der Waals surface area contributed by atoms with E-state index in [-0.39, 0.29) is 28.2 Å². The molecule has 12 heteroatoms. The quantitative estimate of drug-likeness (QED) is 0.565. The maximum absolute atomic E-state index is 12.9. The highest BCUT2D eigenvalue weighted by molar-refractivity contribution is 8.45. The minimum atomic E-state index is -9.76. The van der Waals surface area contributed by atoms with Gasteiger partial charge in [0, 0.05) is 5.92 Å². The molecule has 6 nitrogen and oxygen atoms in total. The summed E-state index contributed by atoms with van der Waals surface area (Å²) in [4.78, 5) is 17.6. The van der Waals surface area contributed by atoms with Gasteiger partial charge in [-0.1, -0.05) is 31.6 Å². The second kappa shape index (κ2) is 5.57. The lowest BCUT2D eigenvalue weighted by Gasteiger charge is -2.40. The normalized spacial score (nSPS) is 18.4. The van der Waals surface area contributed by atoms with Crippen LogP contribution in [0.25, 0.3) is 11.0 Å². The maximum Gasteiger partial charge on any atom is 0.310 e. The Kier molecular flexibility index (Phi) is 3.81. The molecule has 0 bridgehead atoms. The lowest BCUT2D eigenvalue weighted by molar-refractivity contribution is 0.276. The van der Waals surface area contributed by atoms with Crippen molar-refractivity contribution in [2.75, 3.05) is 0 Å². The van der Waals surface area contributed by atoms with Crippen LogP contribution in [0.15, 0.2) is 34.0 Å². The molecule has 1 aliphatic carbocycles. The van der Waals surface area contributed by atoms with Crippen molar-refractivity contribution >= 4 is 21.3 Å². The fourth-order valence-corrected chi connectivity index (χ4v) is 3.86. The number of halogens is 5. The van der Waals surface area contributed by atoms with Gasteiger partial charge in [0.05, 0.1) is 12.6 Å². The van der Waals surface area contributed by atoms with Gasteiger partial charge in [-0.2, -0.15) is 5.10 Å². The largest absolute Gasteiger partial charge is 0.390 e. The van der Waals surface area contributed by atoms with Gasteiger partial charge in [-0.3, -0.25) is 4.79 Å². The number of aliphatic hydroxyl groups excluding tert-OH is 1. The molecule has 2 aromatic heterocycles. The van der Waals surface area contributed by atoms with Gasteiger partial charge in [-0.05, 0) is 37.5 Å². The van der Waals surface area contributed by atoms with Gasteiger partial charge in [0.15, 0.2) is 5.65 Å². The summed E-state index contributed by atoms with van der Waals surface area (Å²) in [6, 6.07) is 1.84. The van der Waals surface area contributed by atoms with E-state index >= 15 is 0 Å². The average Bonchev–Trinajstić information content (AvgIpc) is 3.40. The average molecular weight is 436 g/mol. The van der Waals surface area contributed by atoms with E-state index in [2.05, 4.69) is 15.1 Å². The highest BCUT2D eigenvalue weighted by Crippen LogP contribution is 3.02. The number of aromatic amines is 1. The zero-order valence-corrected chi connectivity index (χ0v) is 15.9. The van der Waals surface area contributed by atoms with Crippen molar-refractivity contribution in [3.63, 3.8) is 0 Å². The Morgan fingerprint density at radius 3 is 2.34 bits per heavy atom. The van der Waals surface area contributed by atoms with Gasteiger partial charge in [0.2, 0.25) is 0 Å². The van der Waals surface area contributed by atoms with Crippen LogP contribution in [0.2, 0.25) is 0 Å². The Morgan fingerprint density at radius 1 is 1.21 bits per heavy atom. The van der Waals surface area contributed by atoms with Crippen LogP contribution in [-0.2, 0) is 6.61 Å². The first-order valence-corrected chi connectivity index (χ1v) is 10.7. The van der Waals surface area contributed by atoms with Gasteiger partial charge in [0.25, 0.3) is 5.56 Å². The molecule has 2 N–H and O–H groups in total. The van der Waals surface area contributed by atoms with Crippen LogP contribution < -0.4 is 5.56 Å². The first kappa shape index (κ1) is 19.8. The number of hydrogen-bond donors (Lipinski definition) is 2. The summed E-state index contributed by atoms with van der Waals surface area (Å²) < 4.78 is 66.0. The second-order valence-corrected chi connectivity index (χ2v) is 9.60. The number of rotatable bonds is 5. The summed E-state index contributed by atoms with van der Waals surface area (Å²) in [5.74, 6) is 0.608. The summed E-state index contributed by atoms with van der Waals surface area (Å²) in [5.41, 5.74) is 0.0609. The lowest BCUT2D eigenvalue weighted by atomic mass is 10.1. The molecule has 0 amide bonds. The van der Waals surface area contributed by atoms with Crippen molar-refractivity contribution in [3.05, 3.63) is 51.7 Å². The Morgan fingerprint density at radius 2 is 1.83 bits per heavy atom. The standard InChI is InChI=1S/C17H17F5N4O2S/c1-9(10-4-6-12(7-5-10)29(18,19,20,21)22)26-16-14(13(8-27)25-26)17(28)24-15(23-16)11-2-3-11/h4-7,9,11,27H,2-3,8H2,1H3,(H,23,24,28)/t9-/m1/s1. The van der Waals surface area contributed by atoms with Crippen LogP contribution in [0.1, 0.15) is 48.8 Å². The van der Waals surface area contributed by atoms with Crippen molar-refractivity contribution in [1.82, 2.24) is 19.7 Å². The van der Waals surface area contributed by atoms with Gasteiger partial charge in [-0.25, -0.2) is 9.67 Å². The lowest BCUT2D eigenvalue weighted by Crippen LogP contribution is -2.14. The van der Waals surface area contributed by atoms with Crippen molar-refractivity contribution in [3.8, 4) is 0 Å². The highest BCUT2D eigenvalue weighted by atomic mass is 32.5. The third kappa shape index (κ3) is 3.62. The van der Waals surface area contributed by atoms with Crippen LogP contribution in [0.4, 0.5) is 19.4 Å². The fourth-order valence-electron chi connectivity index (χ4n) is 3.21. The van der Waals surface area contributed by atoms with E-state index < -0.39 is 33.3 Å².